The molecule has 0 aliphatic heterocycles. The van der Waals surface area contributed by atoms with Crippen LogP contribution in [0.3, 0.4) is 0 Å². The first-order chi connectivity index (χ1) is 9.41. The third kappa shape index (κ3) is 3.41. The van der Waals surface area contributed by atoms with Gasteiger partial charge in [-0.25, -0.2) is 0 Å². The smallest absolute Gasteiger partial charge is 0.156 e. The Bertz CT molecular complexity index is 443. The van der Waals surface area contributed by atoms with Gasteiger partial charge in [-0.3, -0.25) is 4.79 Å². The number of ether oxygens (including phenoxy) is 2. The lowest BCUT2D eigenvalue weighted by Crippen LogP contribution is -2.44. The quantitative estimate of drug-likeness (QED) is 0.697. The van der Waals surface area contributed by atoms with Crippen LogP contribution in [0, 0.1) is 5.41 Å². The fraction of sp³-hybridized carbons (Fsp3) is 0.812. The van der Waals surface area contributed by atoms with Crippen LogP contribution < -0.4 is 0 Å². The first kappa shape index (κ1) is 18.8. The van der Waals surface area contributed by atoms with Crippen molar-refractivity contribution in [2.24, 2.45) is 5.41 Å². The van der Waals surface area contributed by atoms with E-state index in [0.717, 1.165) is 5.20 Å². The highest BCUT2D eigenvalue weighted by atomic mass is 28.3. The third-order valence-electron chi connectivity index (χ3n) is 4.49. The molecule has 0 amide bonds. The number of carbonyl (C=O) groups is 1. The topological polar surface area (TPSA) is 35.5 Å². The Morgan fingerprint density at radius 1 is 1.05 bits per heavy atom. The predicted molar refractivity (Wildman–Crippen MR) is 94.3 cm³/mol. The minimum absolute atomic E-state index is 0.0943. The monoisotopic (exact) mass is 328 g/mol. The van der Waals surface area contributed by atoms with Gasteiger partial charge in [0, 0.05) is 25.2 Å². The van der Waals surface area contributed by atoms with E-state index in [-0.39, 0.29) is 11.0 Å². The van der Waals surface area contributed by atoms with Gasteiger partial charge in [-0.05, 0) is 10.8 Å². The van der Waals surface area contributed by atoms with Gasteiger partial charge in [0.2, 0.25) is 0 Å². The molecular weight excluding hydrogens is 296 g/mol. The second-order valence-electron chi connectivity index (χ2n) is 8.55. The predicted octanol–water partition coefficient (Wildman–Crippen LogP) is 3.75. The first-order valence-corrected chi connectivity index (χ1v) is 14.7. The number of methoxy groups -OCH3 is 2. The van der Waals surface area contributed by atoms with Crippen molar-refractivity contribution in [1.82, 2.24) is 0 Å². The van der Waals surface area contributed by atoms with E-state index < -0.39 is 16.1 Å². The van der Waals surface area contributed by atoms with Crippen LogP contribution in [0.15, 0.2) is 10.8 Å². The largest absolute Gasteiger partial charge is 0.384 e. The van der Waals surface area contributed by atoms with Crippen LogP contribution in [0.5, 0.6) is 0 Å². The molecule has 21 heavy (non-hydrogen) atoms. The van der Waals surface area contributed by atoms with Crippen LogP contribution in [-0.4, -0.2) is 49.4 Å². The van der Waals surface area contributed by atoms with Gasteiger partial charge >= 0.3 is 0 Å². The molecule has 0 N–H and O–H groups in total. The fourth-order valence-corrected chi connectivity index (χ4v) is 9.46. The molecule has 0 aromatic rings. The third-order valence-corrected chi connectivity index (χ3v) is 9.17. The molecule has 0 radical (unpaired) electrons. The lowest BCUT2D eigenvalue weighted by molar-refractivity contribution is -0.116. The summed E-state index contributed by atoms with van der Waals surface area (Å²) in [5.41, 5.74) is 1.10. The first-order valence-electron chi connectivity index (χ1n) is 7.67. The van der Waals surface area contributed by atoms with Gasteiger partial charge in [0.25, 0.3) is 0 Å². The van der Waals surface area contributed by atoms with Gasteiger partial charge in [0.15, 0.2) is 5.78 Å². The minimum Gasteiger partial charge on any atom is -0.384 e. The Labute approximate surface area is 132 Å². The lowest BCUT2D eigenvalue weighted by Gasteiger charge is -2.39. The number of allylic oxidation sites excluding steroid dienone is 1. The van der Waals surface area contributed by atoms with E-state index in [1.54, 1.807) is 14.2 Å². The molecule has 5 heteroatoms. The second kappa shape index (κ2) is 6.10. The van der Waals surface area contributed by atoms with Gasteiger partial charge in [0.1, 0.15) is 0 Å². The van der Waals surface area contributed by atoms with Crippen LogP contribution in [-0.2, 0) is 14.3 Å². The summed E-state index contributed by atoms with van der Waals surface area (Å²) in [6, 6.07) is 0. The molecule has 0 bridgehead atoms. The fourth-order valence-electron chi connectivity index (χ4n) is 4.07. The zero-order chi connectivity index (χ0) is 16.6. The normalized spacial score (nSPS) is 27.7. The summed E-state index contributed by atoms with van der Waals surface area (Å²) in [4.78, 5) is 13.3. The van der Waals surface area contributed by atoms with Gasteiger partial charge in [-0.2, -0.15) is 0 Å². The number of carbonyl (C=O) groups excluding carboxylic acids is 1. The highest BCUT2D eigenvalue weighted by Crippen LogP contribution is 2.55. The van der Waals surface area contributed by atoms with Crippen molar-refractivity contribution in [3.8, 4) is 0 Å². The minimum atomic E-state index is -1.71. The van der Waals surface area contributed by atoms with Gasteiger partial charge in [-0.1, -0.05) is 46.2 Å². The van der Waals surface area contributed by atoms with Crippen molar-refractivity contribution in [3.05, 3.63) is 10.8 Å². The zero-order valence-electron chi connectivity index (χ0n) is 15.2. The Kier molecular flexibility index (Phi) is 5.47. The highest BCUT2D eigenvalue weighted by Gasteiger charge is 2.57. The van der Waals surface area contributed by atoms with Crippen LogP contribution >= 0.6 is 0 Å². The maximum atomic E-state index is 13.3. The Morgan fingerprint density at radius 2 is 1.57 bits per heavy atom. The maximum absolute atomic E-state index is 13.3. The molecule has 0 saturated heterocycles. The van der Waals surface area contributed by atoms with Crippen molar-refractivity contribution in [3.63, 3.8) is 0 Å². The van der Waals surface area contributed by atoms with Gasteiger partial charge in [-0.15, -0.1) is 0 Å². The van der Waals surface area contributed by atoms with E-state index in [2.05, 4.69) is 46.2 Å². The van der Waals surface area contributed by atoms with Crippen LogP contribution in [0.1, 0.15) is 6.92 Å². The standard InChI is InChI=1S/C16H32O3Si2/c1-16(11-19-3)12(10-18-2)14(20(4,5)6)13(17)15(16)21(7,8)9/h15H,10-11H2,1-9H3. The second-order valence-corrected chi connectivity index (χ2v) is 18.9. The summed E-state index contributed by atoms with van der Waals surface area (Å²) in [5, 5.41) is 1.11. The Balaban J connectivity index is 3.56. The van der Waals surface area contributed by atoms with E-state index in [4.69, 9.17) is 9.47 Å². The Hall–Kier alpha value is -0.236. The van der Waals surface area contributed by atoms with Crippen LogP contribution in [0.25, 0.3) is 0 Å². The van der Waals surface area contributed by atoms with Gasteiger partial charge in [0.05, 0.1) is 29.4 Å². The van der Waals surface area contributed by atoms with Crippen molar-refractivity contribution < 1.29 is 14.3 Å². The van der Waals surface area contributed by atoms with Crippen LogP contribution in [0.2, 0.25) is 44.8 Å². The molecular formula is C16H32O3Si2. The molecule has 0 saturated carbocycles. The number of hydrogen-bond acceptors (Lipinski definition) is 3. The Morgan fingerprint density at radius 3 is 1.90 bits per heavy atom. The summed E-state index contributed by atoms with van der Waals surface area (Å²) in [6.45, 7) is 17.0. The van der Waals surface area contributed by atoms with E-state index in [1.165, 1.54) is 5.57 Å². The van der Waals surface area contributed by atoms with E-state index >= 15 is 0 Å². The molecule has 1 aliphatic carbocycles. The van der Waals surface area contributed by atoms with E-state index in [9.17, 15) is 4.79 Å². The summed E-state index contributed by atoms with van der Waals surface area (Å²) in [5.74, 6) is 0.389. The zero-order valence-corrected chi connectivity index (χ0v) is 17.2. The average molecular weight is 329 g/mol. The highest BCUT2D eigenvalue weighted by molar-refractivity contribution is 6.90. The molecule has 1 rings (SSSR count). The van der Waals surface area contributed by atoms with Crippen molar-refractivity contribution >= 4 is 21.9 Å². The summed E-state index contributed by atoms with van der Waals surface area (Å²) < 4.78 is 11.0. The number of rotatable bonds is 6. The lowest BCUT2D eigenvalue weighted by atomic mass is 9.83. The molecule has 0 spiro atoms. The van der Waals surface area contributed by atoms with E-state index in [0.29, 0.717) is 19.0 Å². The molecule has 1 aliphatic rings. The van der Waals surface area contributed by atoms with Crippen molar-refractivity contribution in [1.29, 1.82) is 0 Å². The van der Waals surface area contributed by atoms with Crippen LogP contribution in [0.4, 0.5) is 0 Å². The molecule has 0 aromatic heterocycles. The molecule has 122 valence electrons. The number of hydrogen-bond donors (Lipinski definition) is 0. The van der Waals surface area contributed by atoms with Gasteiger partial charge < -0.3 is 9.47 Å². The summed E-state index contributed by atoms with van der Waals surface area (Å²) >= 11 is 0. The number of ketones is 1. The molecule has 0 heterocycles. The summed E-state index contributed by atoms with van der Waals surface area (Å²) in [7, 11) is 0.0817. The number of Topliss-reactive ketones (excluding diaryl/α,β-unsaturated/α-hetero) is 1. The molecule has 2 unspecified atom stereocenters. The van der Waals surface area contributed by atoms with E-state index in [1.807, 2.05) is 0 Å². The van der Waals surface area contributed by atoms with Crippen molar-refractivity contribution in [2.75, 3.05) is 27.4 Å². The summed E-state index contributed by atoms with van der Waals surface area (Å²) in [6.07, 6.45) is 0. The molecule has 0 fully saturated rings. The maximum Gasteiger partial charge on any atom is 0.156 e. The SMILES string of the molecule is COCC1=C([Si](C)(C)C)C(=O)C([Si](C)(C)C)C1(C)COC. The molecule has 0 aromatic carbocycles. The average Bonchev–Trinajstić information content (AvgIpc) is 2.46. The molecule has 2 atom stereocenters. The van der Waals surface area contributed by atoms with Crippen molar-refractivity contribution in [2.45, 2.75) is 51.7 Å². The molecule has 3 nitrogen and oxygen atoms in total.